The minimum Gasteiger partial charge on any atom is -0.342 e. The lowest BCUT2D eigenvalue weighted by atomic mass is 9.76. The van der Waals surface area contributed by atoms with Crippen LogP contribution in [0, 0.1) is 11.8 Å². The minimum atomic E-state index is -3.29. The summed E-state index contributed by atoms with van der Waals surface area (Å²) in [6, 6.07) is 5.58. The lowest BCUT2D eigenvalue weighted by molar-refractivity contribution is -0.134. The Kier molecular flexibility index (Phi) is 6.29. The second kappa shape index (κ2) is 8.37. The highest BCUT2D eigenvalue weighted by Crippen LogP contribution is 2.43. The molecule has 2 aliphatic heterocycles. The number of likely N-dealkylation sites (tertiary alicyclic amines) is 1. The van der Waals surface area contributed by atoms with Crippen LogP contribution in [0.15, 0.2) is 23.0 Å². The monoisotopic (exact) mass is 409 g/mol. The topological polar surface area (TPSA) is 88.5 Å². The van der Waals surface area contributed by atoms with Crippen LogP contribution in [0.2, 0.25) is 0 Å². The summed E-state index contributed by atoms with van der Waals surface area (Å²) in [6.45, 7) is 5.72. The number of carbonyl (C=O) groups is 1. The van der Waals surface area contributed by atoms with Gasteiger partial charge in [0.25, 0.3) is 5.56 Å². The average molecular weight is 410 g/mol. The Balaban J connectivity index is 1.79. The zero-order chi connectivity index (χ0) is 20.5. The van der Waals surface area contributed by atoms with Crippen LogP contribution < -0.4 is 10.3 Å². The Hall–Kier alpha value is -1.67. The zero-order valence-electron chi connectivity index (χ0n) is 16.9. The summed E-state index contributed by atoms with van der Waals surface area (Å²) < 4.78 is 26.8. The van der Waals surface area contributed by atoms with Gasteiger partial charge in [-0.25, -0.2) is 13.1 Å². The lowest BCUT2D eigenvalue weighted by Gasteiger charge is -2.47. The predicted octanol–water partition coefficient (Wildman–Crippen LogP) is 1.71. The second-order valence-corrected chi connectivity index (χ2v) is 10.4. The highest BCUT2D eigenvalue weighted by atomic mass is 32.2. The van der Waals surface area contributed by atoms with Gasteiger partial charge in [-0.2, -0.15) is 0 Å². The van der Waals surface area contributed by atoms with Crippen molar-refractivity contribution >= 4 is 15.9 Å². The van der Waals surface area contributed by atoms with E-state index < -0.39 is 10.0 Å². The number of fused-ring (bicyclic) bond motifs is 4. The molecule has 3 rings (SSSR count). The third-order valence-corrected chi connectivity index (χ3v) is 6.62. The van der Waals surface area contributed by atoms with Crippen molar-refractivity contribution in [2.75, 3.05) is 25.9 Å². The summed E-state index contributed by atoms with van der Waals surface area (Å²) in [5.41, 5.74) is 1.09. The number of hydrogen-bond acceptors (Lipinski definition) is 4. The van der Waals surface area contributed by atoms with Crippen molar-refractivity contribution in [3.8, 4) is 0 Å². The molecule has 2 aliphatic rings. The SMILES string of the molecule is CC(C)CC[C@H]1[C@H]2C[C@H](CN(C(=O)CCNS(C)(=O)=O)C2)c2cccc(=O)n21. The molecule has 3 heterocycles. The fourth-order valence-corrected chi connectivity index (χ4v) is 5.09. The van der Waals surface area contributed by atoms with E-state index in [4.69, 9.17) is 0 Å². The van der Waals surface area contributed by atoms with Crippen LogP contribution in [0.4, 0.5) is 0 Å². The molecule has 1 aromatic heterocycles. The van der Waals surface area contributed by atoms with E-state index in [1.165, 1.54) is 0 Å². The van der Waals surface area contributed by atoms with E-state index in [-0.39, 0.29) is 42.3 Å². The smallest absolute Gasteiger partial charge is 0.250 e. The van der Waals surface area contributed by atoms with Gasteiger partial charge in [-0.1, -0.05) is 19.9 Å². The summed E-state index contributed by atoms with van der Waals surface area (Å²) >= 11 is 0. The second-order valence-electron chi connectivity index (χ2n) is 8.61. The molecule has 1 fully saturated rings. The summed E-state index contributed by atoms with van der Waals surface area (Å²) in [5.74, 6) is 0.954. The quantitative estimate of drug-likeness (QED) is 0.743. The van der Waals surface area contributed by atoms with Gasteiger partial charge < -0.3 is 9.47 Å². The molecule has 8 heteroatoms. The van der Waals surface area contributed by atoms with Gasteiger partial charge in [-0.3, -0.25) is 9.59 Å². The number of amides is 1. The van der Waals surface area contributed by atoms with Crippen molar-refractivity contribution in [3.05, 3.63) is 34.2 Å². The molecule has 2 bridgehead atoms. The van der Waals surface area contributed by atoms with Gasteiger partial charge in [0.1, 0.15) is 0 Å². The Morgan fingerprint density at radius 3 is 2.71 bits per heavy atom. The Labute approximate surface area is 167 Å². The minimum absolute atomic E-state index is 0.0276. The summed E-state index contributed by atoms with van der Waals surface area (Å²) in [5, 5.41) is 0. The normalized spacial score (nSPS) is 24.3. The highest BCUT2D eigenvalue weighted by Gasteiger charge is 2.41. The van der Waals surface area contributed by atoms with Crippen LogP contribution in [0.25, 0.3) is 0 Å². The van der Waals surface area contributed by atoms with E-state index in [1.807, 2.05) is 21.6 Å². The number of piperidine rings is 1. The molecule has 156 valence electrons. The van der Waals surface area contributed by atoms with E-state index in [0.29, 0.717) is 19.0 Å². The molecule has 1 N–H and O–H groups in total. The number of carbonyl (C=O) groups excluding carboxylic acids is 1. The van der Waals surface area contributed by atoms with Crippen LogP contribution >= 0.6 is 0 Å². The molecule has 0 spiro atoms. The number of hydrogen-bond donors (Lipinski definition) is 1. The van der Waals surface area contributed by atoms with Gasteiger partial charge in [0.15, 0.2) is 0 Å². The van der Waals surface area contributed by atoms with Gasteiger partial charge in [0.2, 0.25) is 15.9 Å². The first kappa shape index (κ1) is 21.0. The highest BCUT2D eigenvalue weighted by molar-refractivity contribution is 7.88. The molecule has 0 radical (unpaired) electrons. The van der Waals surface area contributed by atoms with Gasteiger partial charge in [-0.15, -0.1) is 0 Å². The van der Waals surface area contributed by atoms with Crippen LogP contribution in [-0.2, 0) is 14.8 Å². The molecular formula is C20H31N3O4S. The van der Waals surface area contributed by atoms with Crippen molar-refractivity contribution in [1.29, 1.82) is 0 Å². The fraction of sp³-hybridized carbons (Fsp3) is 0.700. The van der Waals surface area contributed by atoms with Crippen molar-refractivity contribution in [3.63, 3.8) is 0 Å². The van der Waals surface area contributed by atoms with Crippen LogP contribution in [0.3, 0.4) is 0 Å². The van der Waals surface area contributed by atoms with E-state index in [2.05, 4.69) is 18.6 Å². The van der Waals surface area contributed by atoms with Crippen LogP contribution in [0.1, 0.15) is 57.2 Å². The van der Waals surface area contributed by atoms with Gasteiger partial charge >= 0.3 is 0 Å². The molecule has 7 nitrogen and oxygen atoms in total. The fourth-order valence-electron chi connectivity index (χ4n) is 4.62. The standard InChI is InChI=1S/C20H31N3O4S/c1-14(2)7-8-18-16-11-15(17-5-4-6-20(25)23(17)18)12-22(13-16)19(24)9-10-21-28(3,26)27/h4-6,14-16,18,21H,7-13H2,1-3H3/t15-,16+,18+/m1/s1. The molecule has 1 saturated heterocycles. The Morgan fingerprint density at radius 2 is 2.04 bits per heavy atom. The molecule has 0 saturated carbocycles. The van der Waals surface area contributed by atoms with Crippen molar-refractivity contribution in [1.82, 2.24) is 14.2 Å². The maximum atomic E-state index is 12.7. The summed E-state index contributed by atoms with van der Waals surface area (Å²) in [6.07, 6.45) is 4.22. The number of pyridine rings is 1. The van der Waals surface area contributed by atoms with Crippen LogP contribution in [0.5, 0.6) is 0 Å². The van der Waals surface area contributed by atoms with Gasteiger partial charge in [0.05, 0.1) is 6.26 Å². The van der Waals surface area contributed by atoms with Crippen molar-refractivity contribution in [2.45, 2.75) is 51.5 Å². The zero-order valence-corrected chi connectivity index (χ0v) is 17.7. The van der Waals surface area contributed by atoms with Gasteiger partial charge in [0, 0.05) is 49.8 Å². The van der Waals surface area contributed by atoms with E-state index in [0.717, 1.165) is 31.2 Å². The molecule has 1 aromatic rings. The van der Waals surface area contributed by atoms with Crippen molar-refractivity contribution < 1.29 is 13.2 Å². The summed E-state index contributed by atoms with van der Waals surface area (Å²) in [7, 11) is -3.29. The third kappa shape index (κ3) is 4.84. The third-order valence-electron chi connectivity index (χ3n) is 5.89. The first-order valence-electron chi connectivity index (χ1n) is 10.1. The number of aromatic nitrogens is 1. The molecular weight excluding hydrogens is 378 g/mol. The van der Waals surface area contributed by atoms with E-state index in [1.54, 1.807) is 6.07 Å². The van der Waals surface area contributed by atoms with Crippen molar-refractivity contribution in [2.24, 2.45) is 11.8 Å². The Bertz CT molecular complexity index is 878. The molecule has 0 aromatic carbocycles. The number of nitrogens with one attached hydrogen (secondary N) is 1. The predicted molar refractivity (Wildman–Crippen MR) is 109 cm³/mol. The lowest BCUT2D eigenvalue weighted by Crippen LogP contribution is -2.51. The average Bonchev–Trinajstić information content (AvgIpc) is 2.60. The molecule has 1 amide bonds. The maximum Gasteiger partial charge on any atom is 0.250 e. The number of sulfonamides is 1. The van der Waals surface area contributed by atoms with E-state index >= 15 is 0 Å². The van der Waals surface area contributed by atoms with Crippen LogP contribution in [-0.4, -0.2) is 49.7 Å². The number of nitrogens with zero attached hydrogens (tertiary/aromatic N) is 2. The molecule has 3 atom stereocenters. The first-order valence-corrected chi connectivity index (χ1v) is 12.0. The summed E-state index contributed by atoms with van der Waals surface area (Å²) in [4.78, 5) is 27.2. The molecule has 28 heavy (non-hydrogen) atoms. The number of rotatable bonds is 7. The van der Waals surface area contributed by atoms with Gasteiger partial charge in [-0.05, 0) is 37.2 Å². The molecule has 0 unspecified atom stereocenters. The first-order chi connectivity index (χ1) is 13.2. The van der Waals surface area contributed by atoms with E-state index in [9.17, 15) is 18.0 Å². The Morgan fingerprint density at radius 1 is 1.29 bits per heavy atom. The molecule has 0 aliphatic carbocycles. The largest absolute Gasteiger partial charge is 0.342 e. The maximum absolute atomic E-state index is 12.7.